The summed E-state index contributed by atoms with van der Waals surface area (Å²) in [5.74, 6) is -0.0649. The van der Waals surface area contributed by atoms with Crippen molar-refractivity contribution >= 4 is 11.9 Å². The fourth-order valence-corrected chi connectivity index (χ4v) is 2.17. The molecule has 0 spiro atoms. The van der Waals surface area contributed by atoms with E-state index in [1.54, 1.807) is 6.07 Å². The SMILES string of the molecule is COC(=O)C1CCCN1Cc1ccc([N+](=O)[O-])o1. The minimum Gasteiger partial charge on any atom is -0.468 e. The summed E-state index contributed by atoms with van der Waals surface area (Å²) < 4.78 is 9.80. The summed E-state index contributed by atoms with van der Waals surface area (Å²) in [4.78, 5) is 23.4. The molecule has 2 rings (SSSR count). The van der Waals surface area contributed by atoms with E-state index in [4.69, 9.17) is 9.15 Å². The molecule has 98 valence electrons. The number of methoxy groups -OCH3 is 1. The normalized spacial score (nSPS) is 19.9. The molecule has 1 saturated heterocycles. The highest BCUT2D eigenvalue weighted by Crippen LogP contribution is 2.23. The van der Waals surface area contributed by atoms with Gasteiger partial charge in [0.2, 0.25) is 0 Å². The van der Waals surface area contributed by atoms with Crippen LogP contribution in [0, 0.1) is 10.1 Å². The van der Waals surface area contributed by atoms with Gasteiger partial charge in [0.15, 0.2) is 0 Å². The second kappa shape index (κ2) is 5.18. The fourth-order valence-electron chi connectivity index (χ4n) is 2.17. The van der Waals surface area contributed by atoms with Gasteiger partial charge in [-0.1, -0.05) is 0 Å². The largest absolute Gasteiger partial charge is 0.468 e. The van der Waals surface area contributed by atoms with Crippen LogP contribution in [0.25, 0.3) is 0 Å². The average molecular weight is 254 g/mol. The smallest absolute Gasteiger partial charge is 0.433 e. The lowest BCUT2D eigenvalue weighted by molar-refractivity contribution is -0.402. The lowest BCUT2D eigenvalue weighted by Crippen LogP contribution is -2.36. The third-order valence-electron chi connectivity index (χ3n) is 3.02. The highest BCUT2D eigenvalue weighted by molar-refractivity contribution is 5.75. The van der Waals surface area contributed by atoms with Gasteiger partial charge in [0.1, 0.15) is 16.7 Å². The van der Waals surface area contributed by atoms with Crippen molar-refractivity contribution in [2.24, 2.45) is 0 Å². The Morgan fingerprint density at radius 3 is 3.06 bits per heavy atom. The number of carbonyl (C=O) groups is 1. The van der Waals surface area contributed by atoms with E-state index in [9.17, 15) is 14.9 Å². The second-order valence-corrected chi connectivity index (χ2v) is 4.15. The topological polar surface area (TPSA) is 85.8 Å². The summed E-state index contributed by atoms with van der Waals surface area (Å²) in [5, 5.41) is 10.5. The van der Waals surface area contributed by atoms with E-state index in [-0.39, 0.29) is 17.9 Å². The zero-order chi connectivity index (χ0) is 13.1. The minimum absolute atomic E-state index is 0.270. The third-order valence-corrected chi connectivity index (χ3v) is 3.02. The summed E-state index contributed by atoms with van der Waals surface area (Å²) in [5.41, 5.74) is 0. The molecule has 1 aliphatic heterocycles. The van der Waals surface area contributed by atoms with Crippen molar-refractivity contribution < 1.29 is 18.9 Å². The van der Waals surface area contributed by atoms with Gasteiger partial charge in [-0.25, -0.2) is 0 Å². The van der Waals surface area contributed by atoms with Crippen LogP contribution in [0.4, 0.5) is 5.88 Å². The molecular formula is C11H14N2O5. The molecule has 1 aromatic rings. The zero-order valence-corrected chi connectivity index (χ0v) is 10.00. The molecule has 1 fully saturated rings. The lowest BCUT2D eigenvalue weighted by Gasteiger charge is -2.20. The molecule has 1 unspecified atom stereocenters. The molecule has 0 aliphatic carbocycles. The van der Waals surface area contributed by atoms with Crippen molar-refractivity contribution in [3.05, 3.63) is 28.0 Å². The summed E-state index contributed by atoms with van der Waals surface area (Å²) in [6.07, 6.45) is 1.65. The maximum absolute atomic E-state index is 11.5. The first-order chi connectivity index (χ1) is 8.61. The summed E-state index contributed by atoms with van der Waals surface area (Å²) in [6.45, 7) is 1.14. The molecule has 1 atom stereocenters. The minimum atomic E-state index is -0.578. The maximum atomic E-state index is 11.5. The van der Waals surface area contributed by atoms with E-state index in [0.717, 1.165) is 19.4 Å². The Morgan fingerprint density at radius 2 is 2.44 bits per heavy atom. The highest BCUT2D eigenvalue weighted by atomic mass is 16.6. The number of ether oxygens (including phenoxy) is 1. The van der Waals surface area contributed by atoms with Crippen LogP contribution in [0.2, 0.25) is 0 Å². The number of likely N-dealkylation sites (tertiary alicyclic amines) is 1. The van der Waals surface area contributed by atoms with Gasteiger partial charge < -0.3 is 9.15 Å². The van der Waals surface area contributed by atoms with Crippen molar-refractivity contribution in [3.8, 4) is 0 Å². The van der Waals surface area contributed by atoms with Crippen molar-refractivity contribution in [3.63, 3.8) is 0 Å². The number of nitro groups is 1. The summed E-state index contributed by atoms with van der Waals surface area (Å²) in [7, 11) is 1.36. The molecule has 1 aliphatic rings. The van der Waals surface area contributed by atoms with E-state index in [0.29, 0.717) is 12.3 Å². The number of nitrogens with zero attached hydrogens (tertiary/aromatic N) is 2. The van der Waals surface area contributed by atoms with Gasteiger partial charge in [0.05, 0.1) is 19.7 Å². The average Bonchev–Trinajstić information content (AvgIpc) is 2.97. The zero-order valence-electron chi connectivity index (χ0n) is 10.00. The first kappa shape index (κ1) is 12.6. The van der Waals surface area contributed by atoms with Crippen molar-refractivity contribution in [2.75, 3.05) is 13.7 Å². The van der Waals surface area contributed by atoms with Crippen LogP contribution in [0.3, 0.4) is 0 Å². The number of esters is 1. The number of hydrogen-bond acceptors (Lipinski definition) is 6. The van der Waals surface area contributed by atoms with E-state index in [1.165, 1.54) is 13.2 Å². The molecular weight excluding hydrogens is 240 g/mol. The number of rotatable bonds is 4. The van der Waals surface area contributed by atoms with Gasteiger partial charge in [-0.15, -0.1) is 0 Å². The maximum Gasteiger partial charge on any atom is 0.433 e. The Balaban J connectivity index is 2.03. The van der Waals surface area contributed by atoms with Crippen LogP contribution < -0.4 is 0 Å². The molecule has 2 heterocycles. The van der Waals surface area contributed by atoms with Crippen LogP contribution in [-0.4, -0.2) is 35.5 Å². The third kappa shape index (κ3) is 2.51. The fraction of sp³-hybridized carbons (Fsp3) is 0.545. The Morgan fingerprint density at radius 1 is 1.67 bits per heavy atom. The molecule has 18 heavy (non-hydrogen) atoms. The van der Waals surface area contributed by atoms with E-state index in [1.807, 2.05) is 4.90 Å². The monoisotopic (exact) mass is 254 g/mol. The Hall–Kier alpha value is -1.89. The second-order valence-electron chi connectivity index (χ2n) is 4.15. The Labute approximate surface area is 103 Å². The van der Waals surface area contributed by atoms with Crippen LogP contribution in [0.5, 0.6) is 0 Å². The molecule has 1 aromatic heterocycles. The molecule has 7 nitrogen and oxygen atoms in total. The molecule has 7 heteroatoms. The number of furan rings is 1. The van der Waals surface area contributed by atoms with E-state index >= 15 is 0 Å². The lowest BCUT2D eigenvalue weighted by atomic mass is 10.2. The van der Waals surface area contributed by atoms with Crippen LogP contribution in [0.1, 0.15) is 18.6 Å². The van der Waals surface area contributed by atoms with Crippen molar-refractivity contribution in [1.82, 2.24) is 4.90 Å². The molecule has 0 amide bonds. The quantitative estimate of drug-likeness (QED) is 0.457. The summed E-state index contributed by atoms with van der Waals surface area (Å²) >= 11 is 0. The van der Waals surface area contributed by atoms with Crippen molar-refractivity contribution in [1.29, 1.82) is 0 Å². The first-order valence-electron chi connectivity index (χ1n) is 5.67. The molecule has 0 N–H and O–H groups in total. The van der Waals surface area contributed by atoms with Gasteiger partial charge in [0, 0.05) is 0 Å². The first-order valence-corrected chi connectivity index (χ1v) is 5.67. The number of carbonyl (C=O) groups excluding carboxylic acids is 1. The molecule has 0 bridgehead atoms. The summed E-state index contributed by atoms with van der Waals surface area (Å²) in [6, 6.07) is 2.60. The Kier molecular flexibility index (Phi) is 3.61. The van der Waals surface area contributed by atoms with Crippen LogP contribution in [0.15, 0.2) is 16.5 Å². The number of hydrogen-bond donors (Lipinski definition) is 0. The van der Waals surface area contributed by atoms with Gasteiger partial charge in [-0.2, -0.15) is 0 Å². The standard InChI is InChI=1S/C11H14N2O5/c1-17-11(14)9-3-2-6-12(9)7-8-4-5-10(18-8)13(15)16/h4-5,9H,2-3,6-7H2,1H3. The molecule has 0 radical (unpaired) electrons. The van der Waals surface area contributed by atoms with Crippen LogP contribution in [-0.2, 0) is 16.1 Å². The predicted molar refractivity (Wildman–Crippen MR) is 60.8 cm³/mol. The molecule has 0 aromatic carbocycles. The van der Waals surface area contributed by atoms with Gasteiger partial charge in [-0.05, 0) is 25.5 Å². The van der Waals surface area contributed by atoms with Gasteiger partial charge in [-0.3, -0.25) is 19.8 Å². The van der Waals surface area contributed by atoms with E-state index < -0.39 is 4.92 Å². The molecule has 0 saturated carbocycles. The van der Waals surface area contributed by atoms with Gasteiger partial charge >= 0.3 is 11.9 Å². The highest BCUT2D eigenvalue weighted by Gasteiger charge is 2.32. The Bertz CT molecular complexity index is 456. The van der Waals surface area contributed by atoms with Crippen LogP contribution >= 0.6 is 0 Å². The van der Waals surface area contributed by atoms with Gasteiger partial charge in [0.25, 0.3) is 0 Å². The van der Waals surface area contributed by atoms with Crippen molar-refractivity contribution in [2.45, 2.75) is 25.4 Å². The van der Waals surface area contributed by atoms with E-state index in [2.05, 4.69) is 0 Å². The predicted octanol–water partition coefficient (Wildman–Crippen LogP) is 1.33.